The lowest BCUT2D eigenvalue weighted by Gasteiger charge is -2.38. The first-order valence-corrected chi connectivity index (χ1v) is 7.12. The van der Waals surface area contributed by atoms with Gasteiger partial charge in [-0.1, -0.05) is 0 Å². The molecule has 0 aromatic heterocycles. The van der Waals surface area contributed by atoms with Gasteiger partial charge in [0.25, 0.3) is 0 Å². The molecule has 0 aromatic rings. The summed E-state index contributed by atoms with van der Waals surface area (Å²) in [5.74, 6) is 0.998. The smallest absolute Gasteiger partial charge is 0.239 e. The number of carbonyl (C=O) groups excluding carboxylic acids is 1. The molecule has 1 heterocycles. The first kappa shape index (κ1) is 13.8. The van der Waals surface area contributed by atoms with Gasteiger partial charge in [0.2, 0.25) is 5.91 Å². The zero-order valence-corrected chi connectivity index (χ0v) is 11.1. The van der Waals surface area contributed by atoms with Gasteiger partial charge >= 0.3 is 0 Å². The van der Waals surface area contributed by atoms with Gasteiger partial charge in [-0.15, -0.1) is 0 Å². The SMILES string of the molecule is CSCC[C@H](N)C(=O)N1CC(C)OCC1C. The number of nitrogens with two attached hydrogens (primary N) is 1. The summed E-state index contributed by atoms with van der Waals surface area (Å²) in [6.07, 6.45) is 2.89. The highest BCUT2D eigenvalue weighted by atomic mass is 32.2. The predicted octanol–water partition coefficient (Wildman–Crippen LogP) is 0.703. The van der Waals surface area contributed by atoms with Crippen LogP contribution >= 0.6 is 11.8 Å². The third-order valence-electron chi connectivity index (χ3n) is 2.84. The Bertz CT molecular complexity index is 238. The fourth-order valence-corrected chi connectivity index (χ4v) is 2.28. The second kappa shape index (κ2) is 6.47. The Morgan fingerprint density at radius 2 is 2.31 bits per heavy atom. The minimum absolute atomic E-state index is 0.0664. The number of morpholine rings is 1. The molecule has 5 heteroatoms. The highest BCUT2D eigenvalue weighted by molar-refractivity contribution is 7.98. The Labute approximate surface area is 102 Å². The van der Waals surface area contributed by atoms with Gasteiger partial charge in [-0.25, -0.2) is 0 Å². The van der Waals surface area contributed by atoms with E-state index >= 15 is 0 Å². The average Bonchev–Trinajstić information content (AvgIpc) is 2.28. The Morgan fingerprint density at radius 3 is 2.94 bits per heavy atom. The van der Waals surface area contributed by atoms with E-state index in [-0.39, 0.29) is 24.1 Å². The topological polar surface area (TPSA) is 55.6 Å². The van der Waals surface area contributed by atoms with E-state index in [9.17, 15) is 4.79 Å². The van der Waals surface area contributed by atoms with Crippen molar-refractivity contribution in [1.82, 2.24) is 4.90 Å². The van der Waals surface area contributed by atoms with Crippen molar-refractivity contribution in [2.45, 2.75) is 38.5 Å². The van der Waals surface area contributed by atoms with Gasteiger partial charge in [0.1, 0.15) is 0 Å². The average molecular weight is 246 g/mol. The van der Waals surface area contributed by atoms with Gasteiger partial charge in [-0.2, -0.15) is 11.8 Å². The predicted molar refractivity (Wildman–Crippen MR) is 67.6 cm³/mol. The van der Waals surface area contributed by atoms with Crippen LogP contribution in [0.1, 0.15) is 20.3 Å². The van der Waals surface area contributed by atoms with Crippen LogP contribution < -0.4 is 5.73 Å². The highest BCUT2D eigenvalue weighted by Gasteiger charge is 2.30. The molecule has 0 aromatic carbocycles. The molecule has 16 heavy (non-hydrogen) atoms. The molecule has 0 aliphatic carbocycles. The van der Waals surface area contributed by atoms with Crippen molar-refractivity contribution in [3.63, 3.8) is 0 Å². The number of ether oxygens (including phenoxy) is 1. The van der Waals surface area contributed by atoms with E-state index in [0.29, 0.717) is 13.2 Å². The number of amides is 1. The van der Waals surface area contributed by atoms with Gasteiger partial charge in [-0.3, -0.25) is 4.79 Å². The minimum Gasteiger partial charge on any atom is -0.375 e. The largest absolute Gasteiger partial charge is 0.375 e. The number of hydrogen-bond acceptors (Lipinski definition) is 4. The van der Waals surface area contributed by atoms with Crippen molar-refractivity contribution in [3.8, 4) is 0 Å². The molecule has 4 nitrogen and oxygen atoms in total. The number of rotatable bonds is 4. The molecule has 0 spiro atoms. The first-order chi connectivity index (χ1) is 7.56. The minimum atomic E-state index is -0.361. The van der Waals surface area contributed by atoms with Crippen molar-refractivity contribution in [2.75, 3.05) is 25.2 Å². The molecule has 2 unspecified atom stereocenters. The van der Waals surface area contributed by atoms with E-state index in [1.807, 2.05) is 25.0 Å². The van der Waals surface area contributed by atoms with Crippen LogP contribution in [0.15, 0.2) is 0 Å². The van der Waals surface area contributed by atoms with Gasteiger partial charge in [0, 0.05) is 6.54 Å². The quantitative estimate of drug-likeness (QED) is 0.793. The fourth-order valence-electron chi connectivity index (χ4n) is 1.79. The van der Waals surface area contributed by atoms with Crippen LogP contribution in [0.3, 0.4) is 0 Å². The molecule has 0 bridgehead atoms. The van der Waals surface area contributed by atoms with Crippen molar-refractivity contribution < 1.29 is 9.53 Å². The molecule has 0 radical (unpaired) electrons. The third kappa shape index (κ3) is 3.64. The molecule has 0 saturated carbocycles. The summed E-state index contributed by atoms with van der Waals surface area (Å²) in [7, 11) is 0. The van der Waals surface area contributed by atoms with Crippen molar-refractivity contribution in [3.05, 3.63) is 0 Å². The van der Waals surface area contributed by atoms with Crippen LogP contribution in [0.25, 0.3) is 0 Å². The van der Waals surface area contributed by atoms with E-state index in [2.05, 4.69) is 0 Å². The van der Waals surface area contributed by atoms with Crippen LogP contribution in [0.4, 0.5) is 0 Å². The van der Waals surface area contributed by atoms with Crippen molar-refractivity contribution in [2.24, 2.45) is 5.73 Å². The molecule has 94 valence electrons. The Balaban J connectivity index is 2.50. The van der Waals surface area contributed by atoms with E-state index in [1.54, 1.807) is 11.8 Å². The van der Waals surface area contributed by atoms with Gasteiger partial charge < -0.3 is 15.4 Å². The maximum Gasteiger partial charge on any atom is 0.239 e. The summed E-state index contributed by atoms with van der Waals surface area (Å²) in [5.41, 5.74) is 5.90. The monoisotopic (exact) mass is 246 g/mol. The van der Waals surface area contributed by atoms with Crippen LogP contribution in [-0.2, 0) is 9.53 Å². The lowest BCUT2D eigenvalue weighted by atomic mass is 10.1. The standard InChI is InChI=1S/C11H22N2O2S/c1-8-7-15-9(2)6-13(8)11(14)10(12)4-5-16-3/h8-10H,4-7,12H2,1-3H3/t8?,9?,10-/m0/s1. The molecule has 1 aliphatic rings. The third-order valence-corrected chi connectivity index (χ3v) is 3.49. The molecule has 2 N–H and O–H groups in total. The summed E-state index contributed by atoms with van der Waals surface area (Å²) in [6.45, 7) is 5.26. The van der Waals surface area contributed by atoms with Crippen LogP contribution in [0.5, 0.6) is 0 Å². The summed E-state index contributed by atoms with van der Waals surface area (Å²) < 4.78 is 5.49. The van der Waals surface area contributed by atoms with Gasteiger partial charge in [0.05, 0.1) is 24.8 Å². The zero-order valence-electron chi connectivity index (χ0n) is 10.3. The second-order valence-electron chi connectivity index (χ2n) is 4.37. The molecule has 1 rings (SSSR count). The van der Waals surface area contributed by atoms with Gasteiger partial charge in [-0.05, 0) is 32.3 Å². The van der Waals surface area contributed by atoms with E-state index < -0.39 is 0 Å². The van der Waals surface area contributed by atoms with E-state index in [4.69, 9.17) is 10.5 Å². The molecular formula is C11H22N2O2S. The molecule has 1 amide bonds. The van der Waals surface area contributed by atoms with Crippen LogP contribution in [0.2, 0.25) is 0 Å². The summed E-state index contributed by atoms with van der Waals surface area (Å²) in [5, 5.41) is 0. The van der Waals surface area contributed by atoms with Gasteiger partial charge in [0.15, 0.2) is 0 Å². The number of hydrogen-bond donors (Lipinski definition) is 1. The number of carbonyl (C=O) groups is 1. The molecule has 1 fully saturated rings. The molecular weight excluding hydrogens is 224 g/mol. The van der Waals surface area contributed by atoms with Crippen LogP contribution in [0, 0.1) is 0 Å². The maximum atomic E-state index is 12.1. The fraction of sp³-hybridized carbons (Fsp3) is 0.909. The summed E-state index contributed by atoms with van der Waals surface area (Å²) in [4.78, 5) is 14.0. The van der Waals surface area contributed by atoms with Crippen molar-refractivity contribution in [1.29, 1.82) is 0 Å². The highest BCUT2D eigenvalue weighted by Crippen LogP contribution is 2.13. The van der Waals surface area contributed by atoms with E-state index in [1.165, 1.54) is 0 Å². The number of nitrogens with zero attached hydrogens (tertiary/aromatic N) is 1. The summed E-state index contributed by atoms with van der Waals surface area (Å²) >= 11 is 1.72. The second-order valence-corrected chi connectivity index (χ2v) is 5.36. The Morgan fingerprint density at radius 1 is 1.62 bits per heavy atom. The van der Waals surface area contributed by atoms with Crippen molar-refractivity contribution >= 4 is 17.7 Å². The summed E-state index contributed by atoms with van der Waals surface area (Å²) in [6, 6.07) is -0.218. The lowest BCUT2D eigenvalue weighted by molar-refractivity contribution is -0.144. The first-order valence-electron chi connectivity index (χ1n) is 5.72. The maximum absolute atomic E-state index is 12.1. The van der Waals surface area contributed by atoms with Crippen LogP contribution in [-0.4, -0.2) is 54.2 Å². The molecule has 1 aliphatic heterocycles. The molecule has 1 saturated heterocycles. The zero-order chi connectivity index (χ0) is 12.1. The van der Waals surface area contributed by atoms with E-state index in [0.717, 1.165) is 12.2 Å². The normalized spacial score (nSPS) is 27.9. The number of thioether (sulfide) groups is 1. The lowest BCUT2D eigenvalue weighted by Crippen LogP contribution is -2.55. The molecule has 3 atom stereocenters. The Kier molecular flexibility index (Phi) is 5.58. The Hall–Kier alpha value is -0.260.